The van der Waals surface area contributed by atoms with E-state index in [2.05, 4.69) is 26.2 Å². The third-order valence-corrected chi connectivity index (χ3v) is 5.97. The van der Waals surface area contributed by atoms with Crippen LogP contribution < -0.4 is 11.1 Å². The van der Waals surface area contributed by atoms with E-state index in [0.29, 0.717) is 18.5 Å². The number of anilines is 2. The number of nitrogens with zero attached hydrogens (tertiary/aromatic N) is 1. The van der Waals surface area contributed by atoms with Crippen molar-refractivity contribution in [3.63, 3.8) is 0 Å². The van der Waals surface area contributed by atoms with Gasteiger partial charge in [-0.25, -0.2) is 8.42 Å². The second-order valence-electron chi connectivity index (χ2n) is 5.32. The number of nitrogen functional groups attached to an aromatic ring is 1. The van der Waals surface area contributed by atoms with E-state index in [9.17, 15) is 8.42 Å². The van der Waals surface area contributed by atoms with Crippen LogP contribution in [0.1, 0.15) is 12.8 Å². The highest BCUT2D eigenvalue weighted by Crippen LogP contribution is 2.31. The maximum Gasteiger partial charge on any atom is 0.150 e. The molecule has 0 unspecified atom stereocenters. The number of fused-ring (bicyclic) bond motifs is 1. The van der Waals surface area contributed by atoms with E-state index in [1.54, 1.807) is 6.20 Å². The second-order valence-corrected chi connectivity index (χ2v) is 8.54. The number of hydrogen-bond acceptors (Lipinski definition) is 5. The van der Waals surface area contributed by atoms with Gasteiger partial charge in [-0.15, -0.1) is 0 Å². The third-order valence-electron chi connectivity index (χ3n) is 3.76. The number of rotatable bonds is 2. The fourth-order valence-corrected chi connectivity index (χ4v) is 4.43. The van der Waals surface area contributed by atoms with Crippen molar-refractivity contribution in [1.29, 1.82) is 0 Å². The van der Waals surface area contributed by atoms with E-state index in [1.807, 2.05) is 18.2 Å². The molecule has 0 amide bonds. The molecule has 1 aromatic carbocycles. The molecule has 0 atom stereocenters. The fraction of sp³-hybridized carbons (Fsp3) is 0.357. The Bertz CT molecular complexity index is 773. The molecule has 0 spiro atoms. The van der Waals surface area contributed by atoms with Crippen molar-refractivity contribution in [2.75, 3.05) is 22.6 Å². The summed E-state index contributed by atoms with van der Waals surface area (Å²) in [6, 6.07) is 5.96. The van der Waals surface area contributed by atoms with Gasteiger partial charge in [-0.2, -0.15) is 0 Å². The summed E-state index contributed by atoms with van der Waals surface area (Å²) in [6.07, 6.45) is 2.86. The number of halogens is 1. The Hall–Kier alpha value is -1.34. The van der Waals surface area contributed by atoms with Crippen molar-refractivity contribution in [3.05, 3.63) is 28.9 Å². The van der Waals surface area contributed by atoms with Gasteiger partial charge in [0.15, 0.2) is 0 Å². The van der Waals surface area contributed by atoms with E-state index in [4.69, 9.17) is 5.73 Å². The zero-order valence-corrected chi connectivity index (χ0v) is 13.7. The fourth-order valence-electron chi connectivity index (χ4n) is 2.58. The Morgan fingerprint density at radius 2 is 2.00 bits per heavy atom. The largest absolute Gasteiger partial charge is 0.396 e. The average molecular weight is 370 g/mol. The molecule has 0 bridgehead atoms. The number of sulfone groups is 1. The van der Waals surface area contributed by atoms with Crippen molar-refractivity contribution in [3.8, 4) is 0 Å². The highest BCUT2D eigenvalue weighted by atomic mass is 79.9. The van der Waals surface area contributed by atoms with E-state index in [0.717, 1.165) is 21.1 Å². The molecule has 1 aliphatic rings. The summed E-state index contributed by atoms with van der Waals surface area (Å²) in [5.41, 5.74) is 8.32. The zero-order chi connectivity index (χ0) is 15.0. The Morgan fingerprint density at radius 1 is 1.29 bits per heavy atom. The summed E-state index contributed by atoms with van der Waals surface area (Å²) in [6.45, 7) is 0. The molecule has 1 aromatic heterocycles. The van der Waals surface area contributed by atoms with Crippen LogP contribution in [0.3, 0.4) is 0 Å². The van der Waals surface area contributed by atoms with Gasteiger partial charge in [-0.3, -0.25) is 4.98 Å². The molecule has 1 saturated heterocycles. The van der Waals surface area contributed by atoms with Gasteiger partial charge in [0.2, 0.25) is 0 Å². The smallest absolute Gasteiger partial charge is 0.150 e. The highest BCUT2D eigenvalue weighted by molar-refractivity contribution is 9.10. The predicted molar refractivity (Wildman–Crippen MR) is 89.2 cm³/mol. The topological polar surface area (TPSA) is 85.1 Å². The Kier molecular flexibility index (Phi) is 3.79. The highest BCUT2D eigenvalue weighted by Gasteiger charge is 2.24. The monoisotopic (exact) mass is 369 g/mol. The van der Waals surface area contributed by atoms with E-state index < -0.39 is 9.84 Å². The Morgan fingerprint density at radius 3 is 2.71 bits per heavy atom. The maximum absolute atomic E-state index is 11.5. The third kappa shape index (κ3) is 3.13. The van der Waals surface area contributed by atoms with E-state index >= 15 is 0 Å². The molecule has 1 fully saturated rings. The van der Waals surface area contributed by atoms with Gasteiger partial charge in [0, 0.05) is 15.9 Å². The van der Waals surface area contributed by atoms with Gasteiger partial charge in [0.25, 0.3) is 0 Å². The maximum atomic E-state index is 11.5. The lowest BCUT2D eigenvalue weighted by atomic mass is 10.1. The minimum absolute atomic E-state index is 0.125. The van der Waals surface area contributed by atoms with Gasteiger partial charge in [0.05, 0.1) is 34.6 Å². The number of aromatic nitrogens is 1. The summed E-state index contributed by atoms with van der Waals surface area (Å²) in [5.74, 6) is 0.467. The molecule has 0 radical (unpaired) electrons. The zero-order valence-electron chi connectivity index (χ0n) is 11.3. The number of nitrogens with one attached hydrogen (secondary N) is 1. The standard InChI is InChI=1S/C14H16BrN3O2S/c15-9-1-2-13-11(7-9)14(12(16)8-17-13)18-10-3-5-21(19,20)6-4-10/h1-2,7-8,10H,3-6,16H2,(H,17,18). The van der Waals surface area contributed by atoms with Crippen molar-refractivity contribution in [1.82, 2.24) is 4.98 Å². The normalized spacial score (nSPS) is 18.7. The average Bonchev–Trinajstić information content (AvgIpc) is 2.44. The quantitative estimate of drug-likeness (QED) is 0.849. The lowest BCUT2D eigenvalue weighted by Gasteiger charge is -2.25. The van der Waals surface area contributed by atoms with Crippen molar-refractivity contribution >= 4 is 48.0 Å². The van der Waals surface area contributed by atoms with Crippen LogP contribution in [0.5, 0.6) is 0 Å². The van der Waals surface area contributed by atoms with Crippen molar-refractivity contribution in [2.45, 2.75) is 18.9 Å². The summed E-state index contributed by atoms with van der Waals surface area (Å²) < 4.78 is 24.0. The van der Waals surface area contributed by atoms with Crippen molar-refractivity contribution in [2.24, 2.45) is 0 Å². The van der Waals surface area contributed by atoms with Crippen LogP contribution >= 0.6 is 15.9 Å². The molecule has 21 heavy (non-hydrogen) atoms. The first-order valence-corrected chi connectivity index (χ1v) is 9.37. The summed E-state index contributed by atoms with van der Waals surface area (Å²) >= 11 is 3.46. The number of nitrogens with two attached hydrogens (primary N) is 1. The second kappa shape index (κ2) is 5.46. The van der Waals surface area contributed by atoms with Gasteiger partial charge < -0.3 is 11.1 Å². The minimum Gasteiger partial charge on any atom is -0.396 e. The number of benzene rings is 1. The Labute approximate surface area is 132 Å². The van der Waals surface area contributed by atoms with Gasteiger partial charge in [0.1, 0.15) is 9.84 Å². The SMILES string of the molecule is Nc1cnc2ccc(Br)cc2c1NC1CCS(=O)(=O)CC1. The van der Waals surface area contributed by atoms with E-state index in [1.165, 1.54) is 0 Å². The summed E-state index contributed by atoms with van der Waals surface area (Å²) in [5, 5.41) is 4.35. The molecule has 7 heteroatoms. The molecule has 2 heterocycles. The van der Waals surface area contributed by atoms with Crippen molar-refractivity contribution < 1.29 is 8.42 Å². The Balaban J connectivity index is 1.93. The van der Waals surface area contributed by atoms with Crippen LogP contribution in [0.4, 0.5) is 11.4 Å². The van der Waals surface area contributed by atoms with E-state index in [-0.39, 0.29) is 17.5 Å². The molecule has 2 aromatic rings. The molecule has 5 nitrogen and oxygen atoms in total. The molecule has 112 valence electrons. The summed E-state index contributed by atoms with van der Waals surface area (Å²) in [7, 11) is -2.86. The van der Waals surface area contributed by atoms with Crippen LogP contribution in [0.15, 0.2) is 28.9 Å². The lowest BCUT2D eigenvalue weighted by molar-refractivity contribution is 0.560. The van der Waals surface area contributed by atoms with Gasteiger partial charge in [-0.1, -0.05) is 15.9 Å². The van der Waals surface area contributed by atoms with Crippen LogP contribution in [0.25, 0.3) is 10.9 Å². The molecule has 3 N–H and O–H groups in total. The lowest BCUT2D eigenvalue weighted by Crippen LogP contribution is -2.32. The molecular weight excluding hydrogens is 354 g/mol. The van der Waals surface area contributed by atoms with Crippen LogP contribution in [-0.4, -0.2) is 30.9 Å². The minimum atomic E-state index is -2.86. The van der Waals surface area contributed by atoms with Gasteiger partial charge in [-0.05, 0) is 31.0 Å². The first-order chi connectivity index (χ1) is 9.94. The van der Waals surface area contributed by atoms with Gasteiger partial charge >= 0.3 is 0 Å². The molecule has 3 rings (SSSR count). The molecule has 0 saturated carbocycles. The molecule has 1 aliphatic heterocycles. The number of hydrogen-bond donors (Lipinski definition) is 2. The predicted octanol–water partition coefficient (Wildman–Crippen LogP) is 2.57. The first kappa shape index (κ1) is 14.6. The summed E-state index contributed by atoms with van der Waals surface area (Å²) in [4.78, 5) is 4.32. The number of pyridine rings is 1. The van der Waals surface area contributed by atoms with Crippen LogP contribution in [0, 0.1) is 0 Å². The molecular formula is C14H16BrN3O2S. The van der Waals surface area contributed by atoms with Crippen LogP contribution in [0.2, 0.25) is 0 Å². The van der Waals surface area contributed by atoms with Crippen LogP contribution in [-0.2, 0) is 9.84 Å². The first-order valence-electron chi connectivity index (χ1n) is 6.75. The molecule has 0 aliphatic carbocycles.